The number of nitrogens with one attached hydrogen (secondary N) is 1. The molecule has 0 bridgehead atoms. The van der Waals surface area contributed by atoms with Crippen LogP contribution in [0.25, 0.3) is 0 Å². The van der Waals surface area contributed by atoms with Crippen LogP contribution < -0.4 is 5.32 Å². The number of hydrogen-bond acceptors (Lipinski definition) is 3. The highest BCUT2D eigenvalue weighted by molar-refractivity contribution is 7.89. The number of nitrogens with zero attached hydrogens (tertiary/aromatic N) is 1. The van der Waals surface area contributed by atoms with Crippen LogP contribution in [0.1, 0.15) is 24.5 Å². The molecule has 1 N–H and O–H groups in total. The number of sulfonamides is 1. The van der Waals surface area contributed by atoms with Crippen LogP contribution in [0, 0.1) is 19.3 Å². The molecule has 0 amide bonds. The van der Waals surface area contributed by atoms with Gasteiger partial charge in [0.15, 0.2) is 0 Å². The molecule has 0 aliphatic rings. The summed E-state index contributed by atoms with van der Waals surface area (Å²) in [7, 11) is -1.84. The van der Waals surface area contributed by atoms with E-state index in [1.165, 1.54) is 10.4 Å². The molecule has 0 aromatic heterocycles. The van der Waals surface area contributed by atoms with Gasteiger partial charge in [0, 0.05) is 18.1 Å². The summed E-state index contributed by atoms with van der Waals surface area (Å²) in [5, 5.41) is 3.42. The van der Waals surface area contributed by atoms with E-state index < -0.39 is 10.0 Å². The number of rotatable bonds is 7. The third-order valence-corrected chi connectivity index (χ3v) is 5.35. The van der Waals surface area contributed by atoms with Gasteiger partial charge in [0.05, 0.1) is 11.4 Å². The first kappa shape index (κ1) is 18.0. The lowest BCUT2D eigenvalue weighted by Gasteiger charge is -2.21. The van der Waals surface area contributed by atoms with Crippen LogP contribution in [0.15, 0.2) is 17.0 Å². The fourth-order valence-electron chi connectivity index (χ4n) is 2.12. The summed E-state index contributed by atoms with van der Waals surface area (Å²) in [6.07, 6.45) is 5.99. The van der Waals surface area contributed by atoms with Gasteiger partial charge < -0.3 is 5.32 Å². The van der Waals surface area contributed by atoms with Crippen molar-refractivity contribution in [3.8, 4) is 12.3 Å². The van der Waals surface area contributed by atoms with Gasteiger partial charge in [-0.1, -0.05) is 24.4 Å². The topological polar surface area (TPSA) is 49.4 Å². The van der Waals surface area contributed by atoms with Crippen LogP contribution in [0.2, 0.25) is 5.02 Å². The maximum atomic E-state index is 12.8. The van der Waals surface area contributed by atoms with Crippen molar-refractivity contribution in [2.75, 3.05) is 20.1 Å². The molecule has 4 nitrogen and oxygen atoms in total. The van der Waals surface area contributed by atoms with Crippen LogP contribution in [0.4, 0.5) is 0 Å². The van der Waals surface area contributed by atoms with Gasteiger partial charge in [0.1, 0.15) is 0 Å². The fraction of sp³-hybridized carbons (Fsp3) is 0.467. The molecule has 6 heteroatoms. The quantitative estimate of drug-likeness (QED) is 0.782. The highest BCUT2D eigenvalue weighted by atomic mass is 35.5. The number of hydrogen-bond donors (Lipinski definition) is 1. The molecule has 1 aromatic carbocycles. The molecule has 0 radical (unpaired) electrons. The summed E-state index contributed by atoms with van der Waals surface area (Å²) in [4.78, 5) is 0.226. The molecule has 0 aliphatic carbocycles. The molecule has 0 heterocycles. The van der Waals surface area contributed by atoms with E-state index in [0.717, 1.165) is 5.56 Å². The Balaban J connectivity index is 3.39. The minimum atomic E-state index is -3.64. The third kappa shape index (κ3) is 4.21. The maximum absolute atomic E-state index is 12.8. The molecule has 0 atom stereocenters. The molecule has 0 saturated heterocycles. The SMILES string of the molecule is C#CCN(CCC)S(=O)(=O)c1cc(Cl)cc(CNC)c1C. The standard InChI is InChI=1S/C15H21ClN2O2S/c1-5-7-18(8-6-2)21(19,20)15-10-14(16)9-13(11-17-4)12(15)3/h1,9-10,17H,6-8,11H2,2-4H3. The molecule has 0 unspecified atom stereocenters. The summed E-state index contributed by atoms with van der Waals surface area (Å²) in [6, 6.07) is 3.27. The van der Waals surface area contributed by atoms with Crippen molar-refractivity contribution in [2.45, 2.75) is 31.7 Å². The zero-order valence-corrected chi connectivity index (χ0v) is 14.2. The predicted molar refractivity (Wildman–Crippen MR) is 86.8 cm³/mol. The van der Waals surface area contributed by atoms with Crippen molar-refractivity contribution in [1.29, 1.82) is 0 Å². The van der Waals surface area contributed by atoms with Gasteiger partial charge in [-0.25, -0.2) is 8.42 Å². The van der Waals surface area contributed by atoms with Crippen molar-refractivity contribution < 1.29 is 8.42 Å². The molecule has 0 aliphatic heterocycles. The summed E-state index contributed by atoms with van der Waals surface area (Å²) >= 11 is 6.07. The molecule has 0 saturated carbocycles. The van der Waals surface area contributed by atoms with Gasteiger partial charge in [0.25, 0.3) is 0 Å². The second kappa shape index (κ2) is 7.81. The van der Waals surface area contributed by atoms with E-state index in [9.17, 15) is 8.42 Å². The molecular formula is C15H21ClN2O2S. The minimum absolute atomic E-state index is 0.0590. The Bertz CT molecular complexity index is 636. The van der Waals surface area contributed by atoms with Gasteiger partial charge in [-0.2, -0.15) is 4.31 Å². The third-order valence-electron chi connectivity index (χ3n) is 3.16. The molecule has 1 aromatic rings. The average Bonchev–Trinajstić information content (AvgIpc) is 2.42. The predicted octanol–water partition coefficient (Wildman–Crippen LogP) is 2.40. The van der Waals surface area contributed by atoms with Gasteiger partial charge >= 0.3 is 0 Å². The average molecular weight is 329 g/mol. The molecule has 116 valence electrons. The smallest absolute Gasteiger partial charge is 0.244 e. The largest absolute Gasteiger partial charge is 0.316 e. The van der Waals surface area contributed by atoms with E-state index in [2.05, 4.69) is 11.2 Å². The highest BCUT2D eigenvalue weighted by Crippen LogP contribution is 2.27. The Morgan fingerprint density at radius 2 is 2.10 bits per heavy atom. The van der Waals surface area contributed by atoms with Crippen LogP contribution in [-0.2, 0) is 16.6 Å². The van der Waals surface area contributed by atoms with E-state index in [0.29, 0.717) is 30.1 Å². The molecule has 0 fully saturated rings. The van der Waals surface area contributed by atoms with E-state index >= 15 is 0 Å². The lowest BCUT2D eigenvalue weighted by Crippen LogP contribution is -2.33. The van der Waals surface area contributed by atoms with Crippen molar-refractivity contribution in [3.05, 3.63) is 28.3 Å². The van der Waals surface area contributed by atoms with E-state index in [1.807, 2.05) is 6.92 Å². The molecular weight excluding hydrogens is 308 g/mol. The summed E-state index contributed by atoms with van der Waals surface area (Å²) in [6.45, 7) is 4.70. The highest BCUT2D eigenvalue weighted by Gasteiger charge is 2.26. The molecule has 21 heavy (non-hydrogen) atoms. The Labute approximate surface area is 132 Å². The van der Waals surface area contributed by atoms with Crippen LogP contribution in [0.5, 0.6) is 0 Å². The Hall–Kier alpha value is -1.06. The first-order valence-electron chi connectivity index (χ1n) is 6.75. The van der Waals surface area contributed by atoms with Gasteiger partial charge in [0.2, 0.25) is 10.0 Å². The number of benzene rings is 1. The Morgan fingerprint density at radius 3 is 2.62 bits per heavy atom. The van der Waals surface area contributed by atoms with Crippen LogP contribution in [0.3, 0.4) is 0 Å². The van der Waals surface area contributed by atoms with Gasteiger partial charge in [-0.15, -0.1) is 6.42 Å². The van der Waals surface area contributed by atoms with Gasteiger partial charge in [-0.3, -0.25) is 0 Å². The zero-order chi connectivity index (χ0) is 16.0. The monoisotopic (exact) mass is 328 g/mol. The second-order valence-electron chi connectivity index (χ2n) is 4.76. The minimum Gasteiger partial charge on any atom is -0.316 e. The van der Waals surface area contributed by atoms with E-state index in [4.69, 9.17) is 18.0 Å². The van der Waals surface area contributed by atoms with Crippen molar-refractivity contribution in [1.82, 2.24) is 9.62 Å². The first-order valence-corrected chi connectivity index (χ1v) is 8.57. The summed E-state index contributed by atoms with van der Waals surface area (Å²) in [5.74, 6) is 2.40. The Kier molecular flexibility index (Phi) is 6.69. The lowest BCUT2D eigenvalue weighted by atomic mass is 10.1. The fourth-order valence-corrected chi connectivity index (χ4v) is 4.17. The van der Waals surface area contributed by atoms with Crippen LogP contribution in [-0.4, -0.2) is 32.9 Å². The molecule has 1 rings (SSSR count). The van der Waals surface area contributed by atoms with Crippen molar-refractivity contribution in [2.24, 2.45) is 0 Å². The summed E-state index contributed by atoms with van der Waals surface area (Å²) < 4.78 is 26.9. The lowest BCUT2D eigenvalue weighted by molar-refractivity contribution is 0.445. The Morgan fingerprint density at radius 1 is 1.43 bits per heavy atom. The van der Waals surface area contributed by atoms with Crippen molar-refractivity contribution in [3.63, 3.8) is 0 Å². The van der Waals surface area contributed by atoms with E-state index in [-0.39, 0.29) is 11.4 Å². The van der Waals surface area contributed by atoms with Crippen LogP contribution >= 0.6 is 11.6 Å². The van der Waals surface area contributed by atoms with Gasteiger partial charge in [-0.05, 0) is 43.7 Å². The van der Waals surface area contributed by atoms with Crippen molar-refractivity contribution >= 4 is 21.6 Å². The van der Waals surface area contributed by atoms with E-state index in [1.54, 1.807) is 20.0 Å². The summed E-state index contributed by atoms with van der Waals surface area (Å²) in [5.41, 5.74) is 1.56. The first-order chi connectivity index (χ1) is 9.88. The zero-order valence-electron chi connectivity index (χ0n) is 12.6. The molecule has 0 spiro atoms. The maximum Gasteiger partial charge on any atom is 0.244 e. The second-order valence-corrected chi connectivity index (χ2v) is 7.10. The normalized spacial score (nSPS) is 11.6. The number of halogens is 1. The number of terminal acetylenes is 1.